The van der Waals surface area contributed by atoms with Crippen molar-refractivity contribution in [2.45, 2.75) is 17.3 Å². The molecule has 4 rings (SSSR count). The molecular weight excluding hydrogens is 515 g/mol. The van der Waals surface area contributed by atoms with Crippen LogP contribution in [-0.4, -0.2) is 48.7 Å². The van der Waals surface area contributed by atoms with E-state index in [1.807, 2.05) is 30.3 Å². The quantitative estimate of drug-likeness (QED) is 0.231. The molecule has 1 N–H and O–H groups in total. The number of benzene rings is 2. The summed E-state index contributed by atoms with van der Waals surface area (Å²) in [6.07, 6.45) is 0.628. The molecule has 2 aromatic carbocycles. The first-order valence-electron chi connectivity index (χ1n) is 10.8. The predicted molar refractivity (Wildman–Crippen MR) is 139 cm³/mol. The number of carbonyl (C=O) groups excluding carboxylic acids is 1. The molecule has 10 heteroatoms. The number of hydrogen-bond donors (Lipinski definition) is 1. The molecule has 1 aliphatic rings. The maximum absolute atomic E-state index is 12.5. The van der Waals surface area contributed by atoms with Gasteiger partial charge in [0.2, 0.25) is 0 Å². The summed E-state index contributed by atoms with van der Waals surface area (Å²) in [7, 11) is 0. The van der Waals surface area contributed by atoms with Crippen LogP contribution in [0, 0.1) is 0 Å². The largest absolute Gasteiger partial charge is 0.378 e. The molecule has 178 valence electrons. The lowest BCUT2D eigenvalue weighted by Crippen LogP contribution is -2.36. The van der Waals surface area contributed by atoms with Gasteiger partial charge in [-0.05, 0) is 41.8 Å². The summed E-state index contributed by atoms with van der Waals surface area (Å²) in [5, 5.41) is 5.16. The van der Waals surface area contributed by atoms with E-state index in [0.717, 1.165) is 30.0 Å². The lowest BCUT2D eigenvalue weighted by molar-refractivity contribution is 0.0954. The minimum atomic E-state index is -0.127. The Bertz CT molecular complexity index is 1140. The molecule has 0 bridgehead atoms. The first kappa shape index (κ1) is 25.1. The van der Waals surface area contributed by atoms with Crippen LogP contribution < -0.4 is 10.2 Å². The topological polar surface area (TPSA) is 67.4 Å². The predicted octanol–water partition coefficient (Wildman–Crippen LogP) is 5.54. The van der Waals surface area contributed by atoms with E-state index in [0.29, 0.717) is 57.9 Å². The van der Waals surface area contributed by atoms with Gasteiger partial charge in [-0.3, -0.25) is 4.79 Å². The van der Waals surface area contributed by atoms with Gasteiger partial charge in [-0.15, -0.1) is 0 Å². The Kier molecular flexibility index (Phi) is 8.92. The van der Waals surface area contributed by atoms with E-state index in [1.54, 1.807) is 18.2 Å². The third-order valence-corrected chi connectivity index (χ3v) is 6.97. The van der Waals surface area contributed by atoms with Crippen LogP contribution in [0.2, 0.25) is 15.2 Å². The van der Waals surface area contributed by atoms with Gasteiger partial charge in [-0.2, -0.15) is 0 Å². The number of nitrogens with one attached hydrogen (secondary N) is 1. The summed E-state index contributed by atoms with van der Waals surface area (Å²) in [5.41, 5.74) is 2.61. The normalized spacial score (nSPS) is 13.7. The highest BCUT2D eigenvalue weighted by Gasteiger charge is 2.15. The molecule has 0 spiro atoms. The van der Waals surface area contributed by atoms with Gasteiger partial charge < -0.3 is 15.0 Å². The van der Waals surface area contributed by atoms with Crippen LogP contribution in [0.15, 0.2) is 53.7 Å². The molecule has 6 nitrogen and oxygen atoms in total. The van der Waals surface area contributed by atoms with Crippen molar-refractivity contribution in [2.24, 2.45) is 0 Å². The van der Waals surface area contributed by atoms with Gasteiger partial charge in [0.05, 0.1) is 13.2 Å². The van der Waals surface area contributed by atoms with Gasteiger partial charge in [0, 0.05) is 47.1 Å². The third-order valence-electron chi connectivity index (χ3n) is 5.27. The molecule has 3 aromatic rings. The maximum Gasteiger partial charge on any atom is 0.251 e. The highest BCUT2D eigenvalue weighted by Crippen LogP contribution is 2.25. The fourth-order valence-electron chi connectivity index (χ4n) is 3.44. The average Bonchev–Trinajstić information content (AvgIpc) is 2.84. The lowest BCUT2D eigenvalue weighted by Gasteiger charge is -2.27. The molecule has 0 saturated carbocycles. The zero-order chi connectivity index (χ0) is 23.9. The molecule has 1 aromatic heterocycles. The van der Waals surface area contributed by atoms with Crippen molar-refractivity contribution in [3.63, 3.8) is 0 Å². The van der Waals surface area contributed by atoms with E-state index >= 15 is 0 Å². The third kappa shape index (κ3) is 6.99. The van der Waals surface area contributed by atoms with Gasteiger partial charge in [-0.25, -0.2) is 9.97 Å². The Labute approximate surface area is 218 Å². The van der Waals surface area contributed by atoms with Crippen LogP contribution in [0.25, 0.3) is 0 Å². The smallest absolute Gasteiger partial charge is 0.251 e. The second-order valence-corrected chi connectivity index (χ2v) is 9.83. The maximum atomic E-state index is 12.5. The minimum absolute atomic E-state index is 0.127. The first-order chi connectivity index (χ1) is 16.5. The first-order valence-corrected chi connectivity index (χ1v) is 12.9. The number of morpholine rings is 1. The number of carbonyl (C=O) groups is 1. The number of hydrogen-bond acceptors (Lipinski definition) is 6. The van der Waals surface area contributed by atoms with Crippen LogP contribution in [0.1, 0.15) is 21.5 Å². The van der Waals surface area contributed by atoms with Crippen LogP contribution >= 0.6 is 46.6 Å². The summed E-state index contributed by atoms with van der Waals surface area (Å²) in [6, 6.07) is 14.7. The van der Waals surface area contributed by atoms with Crippen molar-refractivity contribution in [1.82, 2.24) is 15.3 Å². The molecule has 1 saturated heterocycles. The number of ether oxygens (including phenoxy) is 1. The molecule has 0 atom stereocenters. The van der Waals surface area contributed by atoms with Crippen molar-refractivity contribution in [1.29, 1.82) is 0 Å². The number of nitrogens with zero attached hydrogens (tertiary/aromatic N) is 3. The van der Waals surface area contributed by atoms with Gasteiger partial charge in [0.15, 0.2) is 5.16 Å². The van der Waals surface area contributed by atoms with Gasteiger partial charge in [-0.1, -0.05) is 64.8 Å². The Morgan fingerprint density at radius 2 is 1.79 bits per heavy atom. The summed E-state index contributed by atoms with van der Waals surface area (Å²) < 4.78 is 5.40. The zero-order valence-electron chi connectivity index (χ0n) is 18.3. The molecule has 0 unspecified atom stereocenters. The molecule has 2 heterocycles. The molecule has 1 fully saturated rings. The molecular formula is C24H23Cl3N4O2S. The second kappa shape index (κ2) is 12.1. The van der Waals surface area contributed by atoms with Crippen molar-refractivity contribution < 1.29 is 9.53 Å². The SMILES string of the molecule is O=C(NCCc1ccc(Cl)cc1Cl)c1ccc(CSc2nc(Cl)cc(N3CCOCC3)n2)cc1. The van der Waals surface area contributed by atoms with Crippen LogP contribution in [0.3, 0.4) is 0 Å². The average molecular weight is 538 g/mol. The van der Waals surface area contributed by atoms with Crippen LogP contribution in [0.4, 0.5) is 5.82 Å². The minimum Gasteiger partial charge on any atom is -0.378 e. The fourth-order valence-corrected chi connectivity index (χ4v) is 4.98. The lowest BCUT2D eigenvalue weighted by atomic mass is 10.1. The summed E-state index contributed by atoms with van der Waals surface area (Å²) >= 11 is 19.8. The van der Waals surface area contributed by atoms with Crippen molar-refractivity contribution in [3.05, 3.63) is 80.4 Å². The Hall–Kier alpha value is -2.03. The number of rotatable bonds is 8. The van der Waals surface area contributed by atoms with E-state index in [9.17, 15) is 4.79 Å². The number of anilines is 1. The van der Waals surface area contributed by atoms with E-state index < -0.39 is 0 Å². The van der Waals surface area contributed by atoms with Crippen LogP contribution in [-0.2, 0) is 16.9 Å². The van der Waals surface area contributed by atoms with Crippen molar-refractivity contribution >= 4 is 58.3 Å². The number of amides is 1. The molecule has 34 heavy (non-hydrogen) atoms. The zero-order valence-corrected chi connectivity index (χ0v) is 21.4. The van der Waals surface area contributed by atoms with E-state index in [1.165, 1.54) is 11.8 Å². The van der Waals surface area contributed by atoms with Gasteiger partial charge >= 0.3 is 0 Å². The highest BCUT2D eigenvalue weighted by molar-refractivity contribution is 7.98. The van der Waals surface area contributed by atoms with Crippen molar-refractivity contribution in [2.75, 3.05) is 37.7 Å². The molecule has 0 aliphatic carbocycles. The van der Waals surface area contributed by atoms with E-state index in [-0.39, 0.29) is 5.91 Å². The summed E-state index contributed by atoms with van der Waals surface area (Å²) in [6.45, 7) is 3.41. The molecule has 1 amide bonds. The number of thioether (sulfide) groups is 1. The number of aromatic nitrogens is 2. The van der Waals surface area contributed by atoms with Crippen molar-refractivity contribution in [3.8, 4) is 0 Å². The second-order valence-electron chi connectivity index (χ2n) is 7.66. The monoisotopic (exact) mass is 536 g/mol. The van der Waals surface area contributed by atoms with E-state index in [2.05, 4.69) is 20.2 Å². The van der Waals surface area contributed by atoms with E-state index in [4.69, 9.17) is 39.5 Å². The van der Waals surface area contributed by atoms with Crippen LogP contribution in [0.5, 0.6) is 0 Å². The Morgan fingerprint density at radius 3 is 2.53 bits per heavy atom. The standard InChI is InChI=1S/C24H23Cl3N4O2S/c25-19-6-5-17(20(26)13-19)7-8-28-23(32)18-3-1-16(2-4-18)15-34-24-29-21(27)14-22(30-24)31-9-11-33-12-10-31/h1-6,13-14H,7-12,15H2,(H,28,32). The fraction of sp³-hybridized carbons (Fsp3) is 0.292. The summed E-state index contributed by atoms with van der Waals surface area (Å²) in [5.74, 6) is 1.36. The molecule has 1 aliphatic heterocycles. The van der Waals surface area contributed by atoms with Gasteiger partial charge in [0.1, 0.15) is 11.0 Å². The number of halogens is 3. The Morgan fingerprint density at radius 1 is 1.03 bits per heavy atom. The summed E-state index contributed by atoms with van der Waals surface area (Å²) in [4.78, 5) is 23.6. The Balaban J connectivity index is 1.29. The van der Waals surface area contributed by atoms with Gasteiger partial charge in [0.25, 0.3) is 5.91 Å². The molecule has 0 radical (unpaired) electrons. The highest BCUT2D eigenvalue weighted by atomic mass is 35.5.